The van der Waals surface area contributed by atoms with Gasteiger partial charge in [0.15, 0.2) is 0 Å². The first-order valence-corrected chi connectivity index (χ1v) is 5.14. The van der Waals surface area contributed by atoms with Gasteiger partial charge in [-0.15, -0.1) is 0 Å². The number of rotatable bonds is 5. The van der Waals surface area contributed by atoms with Crippen LogP contribution >= 0.6 is 11.6 Å². The maximum atomic E-state index is 11.1. The number of hydrogen-bond donors (Lipinski definition) is 2. The van der Waals surface area contributed by atoms with E-state index in [1.807, 2.05) is 13.8 Å². The van der Waals surface area contributed by atoms with Crippen LogP contribution in [-0.4, -0.2) is 28.3 Å². The predicted molar refractivity (Wildman–Crippen MR) is 58.6 cm³/mol. The molecule has 0 aliphatic carbocycles. The number of carbonyl (C=O) groups is 1. The molecule has 0 aliphatic rings. The molecule has 1 unspecified atom stereocenters. The Morgan fingerprint density at radius 1 is 1.80 bits per heavy atom. The molecule has 0 saturated carbocycles. The van der Waals surface area contributed by atoms with E-state index in [1.54, 1.807) is 10.9 Å². The molecular weight excluding hydrogens is 216 g/mol. The molecule has 0 aliphatic heterocycles. The average molecular weight is 231 g/mol. The number of primary amides is 1. The van der Waals surface area contributed by atoms with E-state index >= 15 is 0 Å². The van der Waals surface area contributed by atoms with Crippen molar-refractivity contribution >= 4 is 17.5 Å². The molecule has 0 aromatic carbocycles. The fraction of sp³-hybridized carbons (Fsp3) is 0.556. The molecule has 1 rings (SSSR count). The largest absolute Gasteiger partial charge is 0.368 e. The van der Waals surface area contributed by atoms with Crippen LogP contribution in [-0.2, 0) is 11.3 Å². The van der Waals surface area contributed by atoms with Crippen molar-refractivity contribution in [2.45, 2.75) is 26.4 Å². The fourth-order valence-corrected chi connectivity index (χ4v) is 1.42. The predicted octanol–water partition coefficient (Wildman–Crippen LogP) is 0.308. The highest BCUT2D eigenvalue weighted by atomic mass is 35.5. The van der Waals surface area contributed by atoms with Crippen molar-refractivity contribution in [2.75, 3.05) is 6.54 Å². The van der Waals surface area contributed by atoms with Gasteiger partial charge in [0.05, 0.1) is 23.5 Å². The molecule has 1 heterocycles. The molecule has 0 bridgehead atoms. The highest BCUT2D eigenvalue weighted by Crippen LogP contribution is 2.13. The standard InChI is InChI=1S/C9H15ClN4O/c1-3-12-8(9(11)15)5-14-6(2)7(10)4-13-14/h4,8,12H,3,5H2,1-2H3,(H2,11,15). The maximum Gasteiger partial charge on any atom is 0.236 e. The zero-order valence-corrected chi connectivity index (χ0v) is 9.58. The molecule has 15 heavy (non-hydrogen) atoms. The summed E-state index contributed by atoms with van der Waals surface area (Å²) in [4.78, 5) is 11.1. The molecular formula is C9H15ClN4O. The highest BCUT2D eigenvalue weighted by Gasteiger charge is 2.16. The minimum Gasteiger partial charge on any atom is -0.368 e. The van der Waals surface area contributed by atoms with Crippen molar-refractivity contribution in [3.05, 3.63) is 16.9 Å². The van der Waals surface area contributed by atoms with Crippen LogP contribution in [0, 0.1) is 6.92 Å². The first kappa shape index (κ1) is 12.0. The van der Waals surface area contributed by atoms with Crippen LogP contribution in [0.5, 0.6) is 0 Å². The van der Waals surface area contributed by atoms with Gasteiger partial charge < -0.3 is 11.1 Å². The van der Waals surface area contributed by atoms with Crippen molar-refractivity contribution in [1.29, 1.82) is 0 Å². The number of carbonyl (C=O) groups excluding carboxylic acids is 1. The Kier molecular flexibility index (Phi) is 4.11. The van der Waals surface area contributed by atoms with Crippen LogP contribution in [0.4, 0.5) is 0 Å². The van der Waals surface area contributed by atoms with Crippen molar-refractivity contribution in [3.8, 4) is 0 Å². The Hall–Kier alpha value is -1.07. The summed E-state index contributed by atoms with van der Waals surface area (Å²) >= 11 is 5.85. The minimum atomic E-state index is -0.412. The lowest BCUT2D eigenvalue weighted by Crippen LogP contribution is -2.44. The lowest BCUT2D eigenvalue weighted by Gasteiger charge is -2.14. The van der Waals surface area contributed by atoms with Gasteiger partial charge in [-0.1, -0.05) is 18.5 Å². The Balaban J connectivity index is 2.74. The Bertz CT molecular complexity index is 350. The maximum absolute atomic E-state index is 11.1. The second-order valence-corrected chi connectivity index (χ2v) is 3.68. The Morgan fingerprint density at radius 3 is 2.87 bits per heavy atom. The van der Waals surface area contributed by atoms with Crippen LogP contribution in [0.25, 0.3) is 0 Å². The molecule has 0 radical (unpaired) electrons. The highest BCUT2D eigenvalue weighted by molar-refractivity contribution is 6.31. The van der Waals surface area contributed by atoms with Crippen LogP contribution in [0.2, 0.25) is 5.02 Å². The molecule has 5 nitrogen and oxygen atoms in total. The van der Waals surface area contributed by atoms with Gasteiger partial charge in [-0.3, -0.25) is 9.48 Å². The summed E-state index contributed by atoms with van der Waals surface area (Å²) in [6.07, 6.45) is 1.56. The van der Waals surface area contributed by atoms with E-state index in [9.17, 15) is 4.79 Å². The molecule has 1 aromatic heterocycles. The number of aromatic nitrogens is 2. The second kappa shape index (κ2) is 5.14. The topological polar surface area (TPSA) is 72.9 Å². The van der Waals surface area contributed by atoms with E-state index in [1.165, 1.54) is 0 Å². The molecule has 1 atom stereocenters. The summed E-state index contributed by atoms with van der Waals surface area (Å²) < 4.78 is 1.67. The molecule has 0 spiro atoms. The number of nitrogens with zero attached hydrogens (tertiary/aromatic N) is 2. The van der Waals surface area contributed by atoms with Crippen LogP contribution in [0.1, 0.15) is 12.6 Å². The number of hydrogen-bond acceptors (Lipinski definition) is 3. The van der Waals surface area contributed by atoms with Gasteiger partial charge in [-0.25, -0.2) is 0 Å². The zero-order valence-electron chi connectivity index (χ0n) is 8.83. The molecule has 1 amide bonds. The fourth-order valence-electron chi connectivity index (χ4n) is 1.28. The van der Waals surface area contributed by atoms with Gasteiger partial charge in [0.1, 0.15) is 6.04 Å². The summed E-state index contributed by atoms with van der Waals surface area (Å²) in [5.41, 5.74) is 6.09. The van der Waals surface area contributed by atoms with Gasteiger partial charge in [0, 0.05) is 0 Å². The van der Waals surface area contributed by atoms with E-state index in [0.717, 1.165) is 5.69 Å². The first-order valence-electron chi connectivity index (χ1n) is 4.76. The minimum absolute atomic E-state index is 0.386. The van der Waals surface area contributed by atoms with Gasteiger partial charge >= 0.3 is 0 Å². The van der Waals surface area contributed by atoms with E-state index in [2.05, 4.69) is 10.4 Å². The smallest absolute Gasteiger partial charge is 0.236 e. The summed E-state index contributed by atoms with van der Waals surface area (Å²) in [5, 5.41) is 7.64. The monoisotopic (exact) mass is 230 g/mol. The van der Waals surface area contributed by atoms with Gasteiger partial charge in [-0.05, 0) is 13.5 Å². The third-order valence-corrected chi connectivity index (χ3v) is 2.56. The van der Waals surface area contributed by atoms with Crippen LogP contribution in [0.15, 0.2) is 6.20 Å². The van der Waals surface area contributed by atoms with Crippen molar-refractivity contribution < 1.29 is 4.79 Å². The SMILES string of the molecule is CCNC(Cn1ncc(Cl)c1C)C(N)=O. The third kappa shape index (κ3) is 2.94. The number of amides is 1. The summed E-state index contributed by atoms with van der Waals surface area (Å²) in [5.74, 6) is -0.386. The molecule has 0 saturated heterocycles. The van der Waals surface area contributed by atoms with Gasteiger partial charge in [0.2, 0.25) is 5.91 Å². The molecule has 84 valence electrons. The van der Waals surface area contributed by atoms with Crippen LogP contribution < -0.4 is 11.1 Å². The van der Waals surface area contributed by atoms with Crippen molar-refractivity contribution in [3.63, 3.8) is 0 Å². The molecule has 1 aromatic rings. The lowest BCUT2D eigenvalue weighted by atomic mass is 10.2. The van der Waals surface area contributed by atoms with Crippen LogP contribution in [0.3, 0.4) is 0 Å². The average Bonchev–Trinajstić information content (AvgIpc) is 2.48. The Labute approximate surface area is 93.6 Å². The second-order valence-electron chi connectivity index (χ2n) is 3.27. The third-order valence-electron chi connectivity index (χ3n) is 2.19. The number of halogens is 1. The van der Waals surface area contributed by atoms with Gasteiger partial charge in [-0.2, -0.15) is 5.10 Å². The van der Waals surface area contributed by atoms with E-state index in [4.69, 9.17) is 17.3 Å². The Morgan fingerprint density at radius 2 is 2.47 bits per heavy atom. The van der Waals surface area contributed by atoms with Gasteiger partial charge in [0.25, 0.3) is 0 Å². The number of likely N-dealkylation sites (N-methyl/N-ethyl adjacent to an activating group) is 1. The molecule has 3 N–H and O–H groups in total. The first-order chi connectivity index (χ1) is 7.06. The quantitative estimate of drug-likeness (QED) is 0.765. The van der Waals surface area contributed by atoms with Crippen molar-refractivity contribution in [2.24, 2.45) is 5.73 Å². The summed E-state index contributed by atoms with van der Waals surface area (Å²) in [6, 6.07) is -0.412. The number of nitrogens with one attached hydrogen (secondary N) is 1. The number of nitrogens with two attached hydrogens (primary N) is 1. The summed E-state index contributed by atoms with van der Waals surface area (Å²) in [7, 11) is 0. The normalized spacial score (nSPS) is 12.7. The van der Waals surface area contributed by atoms with E-state index in [0.29, 0.717) is 18.1 Å². The van der Waals surface area contributed by atoms with E-state index < -0.39 is 6.04 Å². The van der Waals surface area contributed by atoms with Crippen molar-refractivity contribution in [1.82, 2.24) is 15.1 Å². The zero-order chi connectivity index (χ0) is 11.4. The lowest BCUT2D eigenvalue weighted by molar-refractivity contribution is -0.120. The van der Waals surface area contributed by atoms with E-state index in [-0.39, 0.29) is 5.91 Å². The molecule has 0 fully saturated rings. The molecule has 6 heteroatoms. The summed E-state index contributed by atoms with van der Waals surface area (Å²) in [6.45, 7) is 4.85.